The molecule has 9 heteroatoms. The van der Waals surface area contributed by atoms with Gasteiger partial charge in [-0.25, -0.2) is 0 Å². The normalized spacial score (nSPS) is 30.0. The van der Waals surface area contributed by atoms with Gasteiger partial charge in [-0.05, 0) is 6.92 Å². The van der Waals surface area contributed by atoms with E-state index in [9.17, 15) is 19.2 Å². The van der Waals surface area contributed by atoms with Crippen molar-refractivity contribution < 1.29 is 38.1 Å². The van der Waals surface area contributed by atoms with Crippen LogP contribution in [0.4, 0.5) is 0 Å². The van der Waals surface area contributed by atoms with Crippen LogP contribution in [0.1, 0.15) is 34.6 Å². The maximum Gasteiger partial charge on any atom is 0.305 e. The fraction of sp³-hybridized carbons (Fsp3) is 0.714. The molecule has 0 aromatic carbocycles. The van der Waals surface area contributed by atoms with Gasteiger partial charge in [0.05, 0.1) is 6.10 Å². The van der Waals surface area contributed by atoms with Gasteiger partial charge in [0, 0.05) is 27.7 Å². The highest BCUT2D eigenvalue weighted by Crippen LogP contribution is 2.27. The van der Waals surface area contributed by atoms with Gasteiger partial charge in [0.15, 0.2) is 12.2 Å². The van der Waals surface area contributed by atoms with Crippen LogP contribution in [0, 0.1) is 0 Å². The largest absolute Gasteiger partial charge is 0.457 e. The molecule has 0 aromatic rings. The monoisotopic (exact) mass is 331 g/mol. The van der Waals surface area contributed by atoms with Gasteiger partial charge >= 0.3 is 17.9 Å². The van der Waals surface area contributed by atoms with Gasteiger partial charge < -0.3 is 24.3 Å². The maximum absolute atomic E-state index is 11.5. The lowest BCUT2D eigenvalue weighted by molar-refractivity contribution is -0.269. The van der Waals surface area contributed by atoms with Crippen molar-refractivity contribution in [2.75, 3.05) is 0 Å². The van der Waals surface area contributed by atoms with Crippen molar-refractivity contribution in [2.45, 2.75) is 65.3 Å². The second-order valence-corrected chi connectivity index (χ2v) is 5.19. The zero-order valence-electron chi connectivity index (χ0n) is 13.7. The summed E-state index contributed by atoms with van der Waals surface area (Å²) in [4.78, 5) is 45.3. The topological polar surface area (TPSA) is 117 Å². The molecule has 0 radical (unpaired) electrons. The molecule has 0 aromatic heterocycles. The first-order valence-electron chi connectivity index (χ1n) is 7.06. The fourth-order valence-electron chi connectivity index (χ4n) is 2.35. The van der Waals surface area contributed by atoms with Crippen LogP contribution in [-0.4, -0.2) is 54.5 Å². The molecule has 5 atom stereocenters. The molecule has 1 N–H and O–H groups in total. The first kappa shape index (κ1) is 18.9. The third-order valence-corrected chi connectivity index (χ3v) is 3.04. The molecule has 1 aliphatic heterocycles. The van der Waals surface area contributed by atoms with E-state index in [4.69, 9.17) is 18.9 Å². The van der Waals surface area contributed by atoms with Gasteiger partial charge in [-0.1, -0.05) is 0 Å². The van der Waals surface area contributed by atoms with E-state index in [2.05, 4.69) is 5.32 Å². The molecule has 1 aliphatic rings. The Morgan fingerprint density at radius 1 is 0.826 bits per heavy atom. The van der Waals surface area contributed by atoms with E-state index in [1.54, 1.807) is 6.92 Å². The van der Waals surface area contributed by atoms with E-state index in [0.717, 1.165) is 6.92 Å². The second kappa shape index (κ2) is 7.91. The van der Waals surface area contributed by atoms with Crippen molar-refractivity contribution in [3.8, 4) is 0 Å². The van der Waals surface area contributed by atoms with Crippen molar-refractivity contribution >= 4 is 23.8 Å². The lowest BCUT2D eigenvalue weighted by Gasteiger charge is -2.43. The highest BCUT2D eigenvalue weighted by atomic mass is 16.7. The van der Waals surface area contributed by atoms with Gasteiger partial charge in [-0.15, -0.1) is 0 Å². The minimum atomic E-state index is -1.23. The summed E-state index contributed by atoms with van der Waals surface area (Å²) in [5, 5.41) is 2.56. The number of hydrogen-bond acceptors (Lipinski definition) is 8. The Hall–Kier alpha value is -2.16. The Kier molecular flexibility index (Phi) is 6.49. The lowest BCUT2D eigenvalue weighted by Crippen LogP contribution is -2.65. The van der Waals surface area contributed by atoms with Crippen molar-refractivity contribution in [2.24, 2.45) is 0 Å². The molecule has 1 fully saturated rings. The Balaban J connectivity index is 3.15. The molecule has 1 amide bonds. The Morgan fingerprint density at radius 2 is 1.30 bits per heavy atom. The predicted molar refractivity (Wildman–Crippen MR) is 74.8 cm³/mol. The number of amides is 1. The van der Waals surface area contributed by atoms with Crippen molar-refractivity contribution in [3.63, 3.8) is 0 Å². The van der Waals surface area contributed by atoms with Crippen molar-refractivity contribution in [3.05, 3.63) is 0 Å². The minimum Gasteiger partial charge on any atom is -0.457 e. The van der Waals surface area contributed by atoms with Gasteiger partial charge in [0.2, 0.25) is 12.2 Å². The predicted octanol–water partition coefficient (Wildman–Crippen LogP) is -0.338. The maximum atomic E-state index is 11.5. The molecule has 1 rings (SSSR count). The number of carbonyl (C=O) groups is 4. The molecule has 1 saturated heterocycles. The number of hydrogen-bond donors (Lipinski definition) is 1. The quantitative estimate of drug-likeness (QED) is 0.549. The molecule has 0 unspecified atom stereocenters. The Bertz CT molecular complexity index is 491. The Morgan fingerprint density at radius 3 is 1.74 bits per heavy atom. The molecule has 23 heavy (non-hydrogen) atoms. The van der Waals surface area contributed by atoms with E-state index in [-0.39, 0.29) is 0 Å². The Labute approximate surface area is 133 Å². The number of carbonyl (C=O) groups excluding carboxylic acids is 4. The highest BCUT2D eigenvalue weighted by molar-refractivity contribution is 5.74. The smallest absolute Gasteiger partial charge is 0.305 e. The third kappa shape index (κ3) is 5.51. The zero-order chi connectivity index (χ0) is 17.7. The van der Waals surface area contributed by atoms with E-state index < -0.39 is 54.5 Å². The summed E-state index contributed by atoms with van der Waals surface area (Å²) in [6.07, 6.45) is -3.99. The third-order valence-electron chi connectivity index (χ3n) is 3.04. The number of ether oxygens (including phenoxy) is 4. The molecule has 9 nitrogen and oxygen atoms in total. The fourth-order valence-corrected chi connectivity index (χ4v) is 2.35. The lowest BCUT2D eigenvalue weighted by atomic mass is 9.96. The standard InChI is InChI=1S/C14H21NO8/c1-6-12(21-8(3)17)11(15-7(2)16)13(22-9(4)18)14(20-6)23-10(5)19/h6,11-14H,1-5H3,(H,15,16)/t6-,11+,12-,13+,14+/m1/s1. The van der Waals surface area contributed by atoms with Crippen LogP contribution in [0.15, 0.2) is 0 Å². The van der Waals surface area contributed by atoms with E-state index >= 15 is 0 Å². The summed E-state index contributed by atoms with van der Waals surface area (Å²) in [6, 6.07) is -0.923. The van der Waals surface area contributed by atoms with Crippen LogP contribution in [0.2, 0.25) is 0 Å². The summed E-state index contributed by atoms with van der Waals surface area (Å²) < 4.78 is 20.8. The van der Waals surface area contributed by atoms with Crippen molar-refractivity contribution in [1.82, 2.24) is 5.32 Å². The number of esters is 3. The molecule has 0 saturated carbocycles. The van der Waals surface area contributed by atoms with Crippen LogP contribution in [0.3, 0.4) is 0 Å². The van der Waals surface area contributed by atoms with Crippen molar-refractivity contribution in [1.29, 1.82) is 0 Å². The average molecular weight is 331 g/mol. The van der Waals surface area contributed by atoms with Crippen LogP contribution >= 0.6 is 0 Å². The average Bonchev–Trinajstić information content (AvgIpc) is 2.36. The summed E-state index contributed by atoms with van der Waals surface area (Å²) >= 11 is 0. The zero-order valence-corrected chi connectivity index (χ0v) is 13.7. The summed E-state index contributed by atoms with van der Waals surface area (Å²) in [6.45, 7) is 6.38. The van der Waals surface area contributed by atoms with Crippen LogP contribution < -0.4 is 5.32 Å². The van der Waals surface area contributed by atoms with Gasteiger partial charge in [-0.3, -0.25) is 19.2 Å². The summed E-state index contributed by atoms with van der Waals surface area (Å²) in [5.41, 5.74) is 0. The van der Waals surface area contributed by atoms with E-state index in [0.29, 0.717) is 0 Å². The van der Waals surface area contributed by atoms with Crippen LogP contribution in [0.5, 0.6) is 0 Å². The molecule has 130 valence electrons. The van der Waals surface area contributed by atoms with Crippen LogP contribution in [-0.2, 0) is 38.1 Å². The summed E-state index contributed by atoms with van der Waals surface area (Å²) in [5.74, 6) is -2.33. The van der Waals surface area contributed by atoms with Crippen LogP contribution in [0.25, 0.3) is 0 Å². The van der Waals surface area contributed by atoms with Gasteiger partial charge in [-0.2, -0.15) is 0 Å². The first-order chi connectivity index (χ1) is 10.6. The molecule has 0 spiro atoms. The van der Waals surface area contributed by atoms with E-state index in [1.807, 2.05) is 0 Å². The number of rotatable bonds is 4. The number of nitrogens with one attached hydrogen (secondary N) is 1. The minimum absolute atomic E-state index is 0.431. The SMILES string of the molecule is CC(=O)N[C@@H]1[C@H](OC(C)=O)[C@H](OC(C)=O)O[C@H](C)[C@H]1OC(C)=O. The summed E-state index contributed by atoms with van der Waals surface area (Å²) in [7, 11) is 0. The first-order valence-corrected chi connectivity index (χ1v) is 7.06. The molecule has 1 heterocycles. The van der Waals surface area contributed by atoms with Gasteiger partial charge in [0.25, 0.3) is 0 Å². The highest BCUT2D eigenvalue weighted by Gasteiger charge is 2.50. The van der Waals surface area contributed by atoms with Gasteiger partial charge in [0.1, 0.15) is 6.04 Å². The molecule has 0 bridgehead atoms. The molecular formula is C14H21NO8. The molecule has 0 aliphatic carbocycles. The van der Waals surface area contributed by atoms with E-state index in [1.165, 1.54) is 20.8 Å². The second-order valence-electron chi connectivity index (χ2n) is 5.19. The molecular weight excluding hydrogens is 310 g/mol.